The highest BCUT2D eigenvalue weighted by atomic mass is 16.6. The number of fused-ring (bicyclic) bond motifs is 12. The van der Waals surface area contributed by atoms with Gasteiger partial charge < -0.3 is 49.7 Å². The summed E-state index contributed by atoms with van der Waals surface area (Å²) in [6, 6.07) is 44.8. The largest absolute Gasteiger partial charge is 0.460 e. The predicted molar refractivity (Wildman–Crippen MR) is 307 cm³/mol. The van der Waals surface area contributed by atoms with Crippen LogP contribution < -0.4 is 26.0 Å². The quantitative estimate of drug-likeness (QED) is 0.0588. The van der Waals surface area contributed by atoms with Crippen LogP contribution in [0.3, 0.4) is 0 Å². The SMILES string of the molecule is CC(C)(C)OC(=O)C[C@H](NC(=O)OCC1c2ccccc2-c2ccccc21)C(=O)Nc1ccc2c(c1)Oc1cc(NC(=O)[C@H](CC(=O)OC(C)(C)C)NC(=O)OCC3c4ccccc4-c4ccccc43)ccc1C21OC(=O)c2ccccc21. The third kappa shape index (κ3) is 11.2. The summed E-state index contributed by atoms with van der Waals surface area (Å²) in [6.45, 7) is 10.0. The molecule has 7 aromatic rings. The molecule has 83 heavy (non-hydrogen) atoms. The summed E-state index contributed by atoms with van der Waals surface area (Å²) >= 11 is 0. The van der Waals surface area contributed by atoms with Crippen LogP contribution in [0.4, 0.5) is 21.0 Å². The maximum atomic E-state index is 14.3. The molecule has 2 aliphatic heterocycles. The summed E-state index contributed by atoms with van der Waals surface area (Å²) in [5, 5.41) is 10.8. The Balaban J connectivity index is 0.841. The fourth-order valence-electron chi connectivity index (χ4n) is 11.4. The molecule has 17 nitrogen and oxygen atoms in total. The lowest BCUT2D eigenvalue weighted by atomic mass is 9.77. The van der Waals surface area contributed by atoms with Gasteiger partial charge in [0.05, 0.1) is 18.4 Å². The van der Waals surface area contributed by atoms with Crippen molar-refractivity contribution < 1.29 is 62.0 Å². The number of benzene rings is 7. The van der Waals surface area contributed by atoms with Crippen LogP contribution in [0.1, 0.15) is 116 Å². The zero-order chi connectivity index (χ0) is 58.4. The molecule has 422 valence electrons. The highest BCUT2D eigenvalue weighted by Crippen LogP contribution is 2.57. The van der Waals surface area contributed by atoms with Gasteiger partial charge in [-0.3, -0.25) is 19.2 Å². The lowest BCUT2D eigenvalue weighted by Crippen LogP contribution is -2.46. The van der Waals surface area contributed by atoms with Gasteiger partial charge in [0, 0.05) is 52.0 Å². The number of hydrogen-bond donors (Lipinski definition) is 4. The Morgan fingerprint density at radius 1 is 0.482 bits per heavy atom. The Kier molecular flexibility index (Phi) is 14.6. The molecule has 2 aliphatic carbocycles. The van der Waals surface area contributed by atoms with E-state index in [2.05, 4.69) is 21.3 Å². The van der Waals surface area contributed by atoms with Gasteiger partial charge in [0.1, 0.15) is 48.0 Å². The van der Waals surface area contributed by atoms with E-state index in [4.69, 9.17) is 28.4 Å². The Morgan fingerprint density at radius 3 is 1.23 bits per heavy atom. The Bertz CT molecular complexity index is 3480. The van der Waals surface area contributed by atoms with Crippen molar-refractivity contribution in [3.05, 3.63) is 202 Å². The van der Waals surface area contributed by atoms with Gasteiger partial charge in [0.15, 0.2) is 5.60 Å². The van der Waals surface area contributed by atoms with Crippen molar-refractivity contribution in [3.8, 4) is 33.8 Å². The molecule has 7 aromatic carbocycles. The summed E-state index contributed by atoms with van der Waals surface area (Å²) in [7, 11) is 0. The first kappa shape index (κ1) is 55.2. The van der Waals surface area contributed by atoms with Gasteiger partial charge >= 0.3 is 30.1 Å². The van der Waals surface area contributed by atoms with Crippen molar-refractivity contribution in [2.75, 3.05) is 23.8 Å². The number of carbonyl (C=O) groups excluding carboxylic acids is 7. The van der Waals surface area contributed by atoms with Crippen LogP contribution in [0.15, 0.2) is 158 Å². The molecule has 0 fully saturated rings. The number of alkyl carbamates (subject to hydrolysis) is 2. The Morgan fingerprint density at radius 2 is 0.843 bits per heavy atom. The minimum absolute atomic E-state index is 0.0457. The molecule has 2 heterocycles. The second-order valence-corrected chi connectivity index (χ2v) is 22.7. The zero-order valence-corrected chi connectivity index (χ0v) is 46.5. The minimum Gasteiger partial charge on any atom is -0.460 e. The van der Waals surface area contributed by atoms with Gasteiger partial charge in [0.2, 0.25) is 11.8 Å². The topological polar surface area (TPSA) is 223 Å². The molecule has 0 bridgehead atoms. The molecular formula is C66H60N4O13. The first-order valence-corrected chi connectivity index (χ1v) is 27.3. The molecule has 0 saturated carbocycles. The first-order valence-electron chi connectivity index (χ1n) is 27.3. The van der Waals surface area contributed by atoms with Gasteiger partial charge in [-0.25, -0.2) is 14.4 Å². The van der Waals surface area contributed by atoms with Crippen LogP contribution in [0, 0.1) is 0 Å². The fraction of sp³-hybridized carbons (Fsp3) is 0.258. The minimum atomic E-state index is -1.59. The fourth-order valence-corrected chi connectivity index (χ4v) is 11.4. The lowest BCUT2D eigenvalue weighted by molar-refractivity contribution is -0.157. The molecule has 0 saturated heterocycles. The van der Waals surface area contributed by atoms with E-state index in [1.54, 1.807) is 90.1 Å². The van der Waals surface area contributed by atoms with E-state index in [-0.39, 0.29) is 47.9 Å². The molecule has 0 aromatic heterocycles. The van der Waals surface area contributed by atoms with Crippen molar-refractivity contribution in [3.63, 3.8) is 0 Å². The van der Waals surface area contributed by atoms with Gasteiger partial charge in [-0.1, -0.05) is 115 Å². The van der Waals surface area contributed by atoms with E-state index < -0.39 is 83.6 Å². The second-order valence-electron chi connectivity index (χ2n) is 22.7. The average Bonchev–Trinajstić information content (AvgIpc) is 1.74. The van der Waals surface area contributed by atoms with Crippen LogP contribution >= 0.6 is 0 Å². The van der Waals surface area contributed by atoms with E-state index in [0.717, 1.165) is 44.5 Å². The number of esters is 3. The summed E-state index contributed by atoms with van der Waals surface area (Å²) in [5.74, 6) is -3.96. The predicted octanol–water partition coefficient (Wildman–Crippen LogP) is 11.4. The lowest BCUT2D eigenvalue weighted by Gasteiger charge is -2.37. The average molecular weight is 1120 g/mol. The number of nitrogens with one attached hydrogen (secondary N) is 4. The third-order valence-corrected chi connectivity index (χ3v) is 14.7. The maximum absolute atomic E-state index is 14.3. The molecule has 2 atom stereocenters. The van der Waals surface area contributed by atoms with E-state index in [1.165, 1.54) is 12.1 Å². The van der Waals surface area contributed by atoms with Gasteiger partial charge in [-0.05, 0) is 116 Å². The maximum Gasteiger partial charge on any atom is 0.407 e. The molecule has 4 N–H and O–H groups in total. The van der Waals surface area contributed by atoms with E-state index >= 15 is 0 Å². The van der Waals surface area contributed by atoms with Crippen molar-refractivity contribution >= 4 is 53.3 Å². The molecule has 0 radical (unpaired) electrons. The smallest absolute Gasteiger partial charge is 0.407 e. The summed E-state index contributed by atoms with van der Waals surface area (Å²) < 4.78 is 35.7. The van der Waals surface area contributed by atoms with E-state index in [1.807, 2.05) is 97.1 Å². The molecule has 4 aliphatic rings. The summed E-state index contributed by atoms with van der Waals surface area (Å²) in [4.78, 5) is 96.4. The molecule has 11 rings (SSSR count). The molecular weight excluding hydrogens is 1060 g/mol. The monoisotopic (exact) mass is 1120 g/mol. The first-order chi connectivity index (χ1) is 39.7. The second kappa shape index (κ2) is 21.9. The number of hydrogen-bond acceptors (Lipinski definition) is 13. The van der Waals surface area contributed by atoms with Crippen LogP contribution in [0.2, 0.25) is 0 Å². The van der Waals surface area contributed by atoms with Crippen molar-refractivity contribution in [1.82, 2.24) is 10.6 Å². The van der Waals surface area contributed by atoms with Crippen LogP contribution in [-0.2, 0) is 48.5 Å². The zero-order valence-electron chi connectivity index (χ0n) is 46.5. The number of ether oxygens (including phenoxy) is 6. The van der Waals surface area contributed by atoms with Gasteiger partial charge in [-0.2, -0.15) is 0 Å². The van der Waals surface area contributed by atoms with Crippen LogP contribution in [-0.4, -0.2) is 78.4 Å². The van der Waals surface area contributed by atoms with E-state index in [9.17, 15) is 33.6 Å². The number of carbonyl (C=O) groups is 7. The summed E-state index contributed by atoms with van der Waals surface area (Å²) in [6.07, 6.45) is -2.97. The standard InChI is InChI=1S/C66H60N4O13/c1-64(2,3)81-57(71)33-53(69-62(76)78-35-48-43-21-11-7-17-39(43)40-18-8-12-22-44(40)48)59(73)67-37-27-29-51-55(31-37)80-56-32-38(28-30-52(56)66(51)50-26-16-15-25-47(50)61(75)83-66)68-60(74)54(34-58(72)82-65(4,5)6)70-63(77)79-36-49-45-23-13-9-19-41(45)42-20-10-14-24-46(42)49/h7-32,48-49,53-54H,33-36H2,1-6H3,(H,67,73)(H,68,74)(H,69,76)(H,70,77)/t53-,54-/m0/s1. The van der Waals surface area contributed by atoms with Crippen LogP contribution in [0.25, 0.3) is 22.3 Å². The Hall–Kier alpha value is -9.77. The van der Waals surface area contributed by atoms with Crippen molar-refractivity contribution in [1.29, 1.82) is 0 Å². The summed E-state index contributed by atoms with van der Waals surface area (Å²) in [5.41, 5.74) is 6.64. The van der Waals surface area contributed by atoms with Gasteiger partial charge in [0.25, 0.3) is 0 Å². The van der Waals surface area contributed by atoms with Crippen molar-refractivity contribution in [2.45, 2.75) is 95.1 Å². The van der Waals surface area contributed by atoms with Gasteiger partial charge in [-0.15, -0.1) is 0 Å². The number of rotatable bonds is 14. The van der Waals surface area contributed by atoms with E-state index in [0.29, 0.717) is 22.3 Å². The third-order valence-electron chi connectivity index (χ3n) is 14.7. The molecule has 1 spiro atoms. The normalized spacial score (nSPS) is 14.7. The molecule has 17 heteroatoms. The number of amides is 4. The highest BCUT2D eigenvalue weighted by molar-refractivity contribution is 6.01. The van der Waals surface area contributed by atoms with Crippen molar-refractivity contribution in [2.24, 2.45) is 0 Å². The molecule has 0 unspecified atom stereocenters. The highest BCUT2D eigenvalue weighted by Gasteiger charge is 2.53. The Labute approximate surface area is 479 Å². The number of anilines is 2. The molecule has 4 amide bonds. The van der Waals surface area contributed by atoms with Crippen LogP contribution in [0.5, 0.6) is 11.5 Å².